The molecular weight excluding hydrogens is 330 g/mol. The predicted molar refractivity (Wildman–Crippen MR) is 75.5 cm³/mol. The lowest BCUT2D eigenvalue weighted by atomic mass is 10.0. The van der Waals surface area contributed by atoms with Crippen molar-refractivity contribution in [1.29, 1.82) is 0 Å². The Morgan fingerprint density at radius 3 is 2.62 bits per heavy atom. The lowest BCUT2D eigenvalue weighted by Gasteiger charge is -2.07. The first-order valence-corrected chi connectivity index (χ1v) is 6.68. The van der Waals surface area contributed by atoms with Gasteiger partial charge in [-0.1, -0.05) is 6.07 Å². The fourth-order valence-electron chi connectivity index (χ4n) is 2.31. The molecule has 0 aliphatic carbocycles. The highest BCUT2D eigenvalue weighted by atomic mass is 19.3. The highest BCUT2D eigenvalue weighted by Gasteiger charge is 2.17. The van der Waals surface area contributed by atoms with Crippen molar-refractivity contribution in [2.24, 2.45) is 0 Å². The summed E-state index contributed by atoms with van der Waals surface area (Å²) in [6, 6.07) is 4.51. The molecule has 0 aliphatic heterocycles. The number of carbonyl (C=O) groups is 1. The molecule has 1 N–H and O–H groups in total. The van der Waals surface area contributed by atoms with Gasteiger partial charge in [0.15, 0.2) is 0 Å². The first kappa shape index (κ1) is 15.9. The van der Waals surface area contributed by atoms with E-state index in [9.17, 15) is 22.4 Å². The van der Waals surface area contributed by atoms with Crippen LogP contribution in [-0.4, -0.2) is 25.8 Å². The van der Waals surface area contributed by atoms with E-state index in [-0.39, 0.29) is 16.6 Å². The standard InChI is InChI=1S/C15H9F4N3O2/c16-10-2-1-7(3-9(10)14(17)18)8-4-11-13(20-5-8)15(19)21-22(11)6-12(23)24/h1-5,14H,6H2,(H,23,24). The summed E-state index contributed by atoms with van der Waals surface area (Å²) in [5, 5.41) is 12.3. The van der Waals surface area contributed by atoms with Crippen LogP contribution in [0.4, 0.5) is 17.6 Å². The first-order chi connectivity index (χ1) is 11.4. The van der Waals surface area contributed by atoms with Crippen LogP contribution in [0.2, 0.25) is 0 Å². The molecule has 0 fully saturated rings. The molecule has 5 nitrogen and oxygen atoms in total. The summed E-state index contributed by atoms with van der Waals surface area (Å²) in [5.74, 6) is -3.21. The van der Waals surface area contributed by atoms with E-state index in [2.05, 4.69) is 10.1 Å². The van der Waals surface area contributed by atoms with Crippen LogP contribution in [0.3, 0.4) is 0 Å². The van der Waals surface area contributed by atoms with Crippen molar-refractivity contribution in [2.45, 2.75) is 13.0 Å². The second kappa shape index (κ2) is 5.91. The number of rotatable bonds is 4. The molecule has 3 rings (SSSR count). The number of benzene rings is 1. The van der Waals surface area contributed by atoms with Gasteiger partial charge >= 0.3 is 5.97 Å². The van der Waals surface area contributed by atoms with E-state index in [4.69, 9.17) is 5.11 Å². The molecule has 0 atom stereocenters. The second-order valence-electron chi connectivity index (χ2n) is 4.97. The Kier molecular flexibility index (Phi) is 3.92. The zero-order chi connectivity index (χ0) is 17.4. The van der Waals surface area contributed by atoms with Crippen LogP contribution in [0.25, 0.3) is 22.2 Å². The van der Waals surface area contributed by atoms with Crippen molar-refractivity contribution in [1.82, 2.24) is 14.8 Å². The van der Waals surface area contributed by atoms with Gasteiger partial charge in [-0.3, -0.25) is 4.79 Å². The van der Waals surface area contributed by atoms with Crippen molar-refractivity contribution < 1.29 is 27.5 Å². The number of fused-ring (bicyclic) bond motifs is 1. The van der Waals surface area contributed by atoms with Crippen LogP contribution in [0, 0.1) is 11.8 Å². The van der Waals surface area contributed by atoms with E-state index in [0.29, 0.717) is 5.56 Å². The maximum Gasteiger partial charge on any atom is 0.325 e. The summed E-state index contributed by atoms with van der Waals surface area (Å²) in [6.07, 6.45) is -1.77. The first-order valence-electron chi connectivity index (χ1n) is 6.68. The molecular formula is C15H9F4N3O2. The average molecular weight is 339 g/mol. The van der Waals surface area contributed by atoms with E-state index in [1.54, 1.807) is 0 Å². The van der Waals surface area contributed by atoms with E-state index < -0.39 is 36.3 Å². The molecule has 0 saturated heterocycles. The summed E-state index contributed by atoms with van der Waals surface area (Å²) in [6.45, 7) is -0.586. The molecule has 2 heterocycles. The molecule has 0 amide bonds. The van der Waals surface area contributed by atoms with Crippen LogP contribution < -0.4 is 0 Å². The Morgan fingerprint density at radius 2 is 1.96 bits per heavy atom. The summed E-state index contributed by atoms with van der Waals surface area (Å²) in [4.78, 5) is 14.7. The molecule has 0 unspecified atom stereocenters. The van der Waals surface area contributed by atoms with Gasteiger partial charge in [-0.25, -0.2) is 22.8 Å². The van der Waals surface area contributed by atoms with Crippen molar-refractivity contribution >= 4 is 17.0 Å². The van der Waals surface area contributed by atoms with Gasteiger partial charge in [0.1, 0.15) is 17.9 Å². The number of aromatic nitrogens is 3. The van der Waals surface area contributed by atoms with Gasteiger partial charge in [0.05, 0.1) is 11.1 Å². The molecule has 24 heavy (non-hydrogen) atoms. The Morgan fingerprint density at radius 1 is 1.21 bits per heavy atom. The van der Waals surface area contributed by atoms with Gasteiger partial charge in [0, 0.05) is 11.8 Å². The molecule has 0 spiro atoms. The van der Waals surface area contributed by atoms with E-state index >= 15 is 0 Å². The zero-order valence-corrected chi connectivity index (χ0v) is 11.9. The third-order valence-corrected chi connectivity index (χ3v) is 3.40. The Labute approximate surface area is 132 Å². The predicted octanol–water partition coefficient (Wildman–Crippen LogP) is 3.40. The average Bonchev–Trinajstić information content (AvgIpc) is 2.82. The molecule has 0 aliphatic rings. The number of hydrogen-bond donors (Lipinski definition) is 1. The monoisotopic (exact) mass is 339 g/mol. The summed E-state index contributed by atoms with van der Waals surface area (Å²) in [5.41, 5.74) is -0.273. The van der Waals surface area contributed by atoms with Crippen molar-refractivity contribution in [3.63, 3.8) is 0 Å². The maximum absolute atomic E-state index is 13.7. The van der Waals surface area contributed by atoms with Crippen LogP contribution in [0.15, 0.2) is 30.5 Å². The fourth-order valence-corrected chi connectivity index (χ4v) is 2.31. The zero-order valence-electron chi connectivity index (χ0n) is 11.9. The fraction of sp³-hybridized carbons (Fsp3) is 0.133. The van der Waals surface area contributed by atoms with Crippen LogP contribution >= 0.6 is 0 Å². The minimum absolute atomic E-state index is 0.0929. The summed E-state index contributed by atoms with van der Waals surface area (Å²) >= 11 is 0. The van der Waals surface area contributed by atoms with Gasteiger partial charge in [0.2, 0.25) is 0 Å². The SMILES string of the molecule is O=C(O)Cn1nc(F)c2ncc(-c3ccc(F)c(C(F)F)c3)cc21. The normalized spacial score (nSPS) is 11.4. The Balaban J connectivity index is 2.14. The van der Waals surface area contributed by atoms with E-state index in [1.165, 1.54) is 18.3 Å². The number of pyridine rings is 1. The largest absolute Gasteiger partial charge is 0.480 e. The highest BCUT2D eigenvalue weighted by molar-refractivity contribution is 5.82. The number of hydrogen-bond acceptors (Lipinski definition) is 3. The van der Waals surface area contributed by atoms with Gasteiger partial charge in [-0.2, -0.15) is 4.39 Å². The van der Waals surface area contributed by atoms with E-state index in [0.717, 1.165) is 16.8 Å². The quantitative estimate of drug-likeness (QED) is 0.740. The topological polar surface area (TPSA) is 68.0 Å². The minimum Gasteiger partial charge on any atom is -0.480 e. The number of halogens is 4. The van der Waals surface area contributed by atoms with Crippen molar-refractivity contribution in [3.8, 4) is 11.1 Å². The molecule has 0 radical (unpaired) electrons. The van der Waals surface area contributed by atoms with Gasteiger partial charge in [-0.05, 0) is 23.8 Å². The highest BCUT2D eigenvalue weighted by Crippen LogP contribution is 2.29. The Bertz CT molecular complexity index is 940. The molecule has 2 aromatic heterocycles. The molecule has 0 saturated carbocycles. The minimum atomic E-state index is -2.99. The summed E-state index contributed by atoms with van der Waals surface area (Å²) in [7, 11) is 0. The third kappa shape index (κ3) is 2.80. The van der Waals surface area contributed by atoms with Crippen LogP contribution in [0.1, 0.15) is 12.0 Å². The lowest BCUT2D eigenvalue weighted by Crippen LogP contribution is -2.10. The van der Waals surface area contributed by atoms with E-state index in [1.807, 2.05) is 0 Å². The number of carboxylic acid groups (broad SMARTS) is 1. The lowest BCUT2D eigenvalue weighted by molar-refractivity contribution is -0.137. The number of nitrogens with zero attached hydrogens (tertiary/aromatic N) is 3. The second-order valence-corrected chi connectivity index (χ2v) is 4.97. The summed E-state index contributed by atoms with van der Waals surface area (Å²) < 4.78 is 53.6. The number of carboxylic acids is 1. The third-order valence-electron chi connectivity index (χ3n) is 3.40. The molecule has 124 valence electrons. The van der Waals surface area contributed by atoms with Crippen LogP contribution in [0.5, 0.6) is 0 Å². The van der Waals surface area contributed by atoms with Crippen molar-refractivity contribution in [3.05, 3.63) is 47.8 Å². The van der Waals surface area contributed by atoms with Gasteiger partial charge < -0.3 is 5.11 Å². The van der Waals surface area contributed by atoms with Crippen LogP contribution in [-0.2, 0) is 11.3 Å². The maximum atomic E-state index is 13.7. The number of aliphatic carboxylic acids is 1. The smallest absolute Gasteiger partial charge is 0.325 e. The number of alkyl halides is 2. The van der Waals surface area contributed by atoms with Gasteiger partial charge in [-0.15, -0.1) is 5.10 Å². The molecule has 3 aromatic rings. The molecule has 1 aromatic carbocycles. The van der Waals surface area contributed by atoms with Gasteiger partial charge in [0.25, 0.3) is 12.4 Å². The Hall–Kier alpha value is -2.97. The molecule has 0 bridgehead atoms. The molecule has 9 heteroatoms. The van der Waals surface area contributed by atoms with Crippen molar-refractivity contribution in [2.75, 3.05) is 0 Å².